The minimum absolute atomic E-state index is 0.00721. The van der Waals surface area contributed by atoms with Crippen LogP contribution in [0.2, 0.25) is 0 Å². The van der Waals surface area contributed by atoms with E-state index < -0.39 is 0 Å². The zero-order valence-electron chi connectivity index (χ0n) is 11.6. The van der Waals surface area contributed by atoms with Crippen LogP contribution in [0.15, 0.2) is 24.3 Å². The van der Waals surface area contributed by atoms with Gasteiger partial charge in [-0.2, -0.15) is 4.98 Å². The first-order valence-electron chi connectivity index (χ1n) is 6.51. The molecule has 0 aliphatic heterocycles. The first-order chi connectivity index (χ1) is 9.17. The van der Waals surface area contributed by atoms with E-state index in [2.05, 4.69) is 15.3 Å². The molecular weight excluding hydrogens is 240 g/mol. The van der Waals surface area contributed by atoms with Crippen LogP contribution in [0.25, 0.3) is 10.9 Å². The lowest BCUT2D eigenvalue weighted by Crippen LogP contribution is -2.32. The van der Waals surface area contributed by atoms with E-state index in [1.165, 1.54) is 0 Å². The number of likely N-dealkylation sites (N-methyl/N-ethyl adjacent to an activating group) is 1. The Morgan fingerprint density at radius 3 is 2.74 bits per heavy atom. The zero-order chi connectivity index (χ0) is 13.8. The van der Waals surface area contributed by atoms with Crippen molar-refractivity contribution in [3.63, 3.8) is 0 Å². The number of benzene rings is 1. The number of fused-ring (bicyclic) bond motifs is 1. The molecule has 2 aromatic rings. The van der Waals surface area contributed by atoms with Gasteiger partial charge in [0.2, 0.25) is 5.95 Å². The molecule has 5 heteroatoms. The molecule has 0 amide bonds. The highest BCUT2D eigenvalue weighted by Gasteiger charge is 2.15. The van der Waals surface area contributed by atoms with Crippen LogP contribution in [0, 0.1) is 0 Å². The number of hydrogen-bond donors (Lipinski definition) is 2. The number of para-hydroxylation sites is 1. The summed E-state index contributed by atoms with van der Waals surface area (Å²) >= 11 is 0. The Morgan fingerprint density at radius 2 is 2.05 bits per heavy atom. The highest BCUT2D eigenvalue weighted by atomic mass is 16.3. The highest BCUT2D eigenvalue weighted by molar-refractivity contribution is 5.90. The van der Waals surface area contributed by atoms with Gasteiger partial charge in [0, 0.05) is 19.0 Å². The zero-order valence-corrected chi connectivity index (χ0v) is 11.6. The summed E-state index contributed by atoms with van der Waals surface area (Å²) in [6.45, 7) is 4.84. The summed E-state index contributed by atoms with van der Waals surface area (Å²) in [6.07, 6.45) is 0. The standard InChI is InChI=1S/C14H20N4O/c1-4-15-14-16-12-8-6-5-7-11(12)13(17-14)18(3)10(2)9-19/h5-8,10,19H,4,9H2,1-3H3,(H,15,16,17). The molecule has 5 nitrogen and oxygen atoms in total. The van der Waals surface area contributed by atoms with E-state index in [0.29, 0.717) is 5.95 Å². The van der Waals surface area contributed by atoms with E-state index >= 15 is 0 Å². The van der Waals surface area contributed by atoms with Crippen molar-refractivity contribution in [3.8, 4) is 0 Å². The van der Waals surface area contributed by atoms with Gasteiger partial charge in [-0.3, -0.25) is 0 Å². The topological polar surface area (TPSA) is 61.3 Å². The second-order valence-electron chi connectivity index (χ2n) is 4.56. The molecule has 0 bridgehead atoms. The fourth-order valence-corrected chi connectivity index (χ4v) is 1.90. The van der Waals surface area contributed by atoms with Crippen LogP contribution < -0.4 is 10.2 Å². The summed E-state index contributed by atoms with van der Waals surface area (Å²) in [7, 11) is 1.94. The maximum atomic E-state index is 9.31. The Balaban J connectivity index is 2.55. The van der Waals surface area contributed by atoms with E-state index in [0.717, 1.165) is 23.3 Å². The predicted molar refractivity (Wildman–Crippen MR) is 78.7 cm³/mol. The molecule has 2 N–H and O–H groups in total. The van der Waals surface area contributed by atoms with Gasteiger partial charge >= 0.3 is 0 Å². The molecule has 0 saturated heterocycles. The number of nitrogens with one attached hydrogen (secondary N) is 1. The molecule has 1 aromatic carbocycles. The first kappa shape index (κ1) is 13.5. The molecular formula is C14H20N4O. The summed E-state index contributed by atoms with van der Waals surface area (Å²) in [4.78, 5) is 11.0. The quantitative estimate of drug-likeness (QED) is 0.859. The fourth-order valence-electron chi connectivity index (χ4n) is 1.90. The van der Waals surface area contributed by atoms with Crippen molar-refractivity contribution in [2.24, 2.45) is 0 Å². The molecule has 0 radical (unpaired) electrons. The third-order valence-electron chi connectivity index (χ3n) is 3.18. The lowest BCUT2D eigenvalue weighted by Gasteiger charge is -2.25. The Hall–Kier alpha value is -1.88. The minimum Gasteiger partial charge on any atom is -0.394 e. The summed E-state index contributed by atoms with van der Waals surface area (Å²) in [5, 5.41) is 13.4. The Labute approximate surface area is 113 Å². The van der Waals surface area contributed by atoms with Gasteiger partial charge in [-0.1, -0.05) is 12.1 Å². The highest BCUT2D eigenvalue weighted by Crippen LogP contribution is 2.25. The van der Waals surface area contributed by atoms with Crippen LogP contribution in [0.5, 0.6) is 0 Å². The molecule has 19 heavy (non-hydrogen) atoms. The third kappa shape index (κ3) is 2.76. The van der Waals surface area contributed by atoms with Crippen LogP contribution in [0.4, 0.5) is 11.8 Å². The average molecular weight is 260 g/mol. The SMILES string of the molecule is CCNc1nc(N(C)C(C)CO)c2ccccc2n1. The number of hydrogen-bond acceptors (Lipinski definition) is 5. The molecule has 0 aliphatic rings. The van der Waals surface area contributed by atoms with Gasteiger partial charge in [0.15, 0.2) is 0 Å². The number of rotatable bonds is 5. The second-order valence-corrected chi connectivity index (χ2v) is 4.56. The van der Waals surface area contributed by atoms with Crippen LogP contribution in [-0.4, -0.2) is 41.3 Å². The smallest absolute Gasteiger partial charge is 0.225 e. The third-order valence-corrected chi connectivity index (χ3v) is 3.18. The number of nitrogens with zero attached hydrogens (tertiary/aromatic N) is 3. The Kier molecular flexibility index (Phi) is 4.16. The van der Waals surface area contributed by atoms with Gasteiger partial charge < -0.3 is 15.3 Å². The van der Waals surface area contributed by atoms with Crippen LogP contribution >= 0.6 is 0 Å². The first-order valence-corrected chi connectivity index (χ1v) is 6.51. The molecule has 1 atom stereocenters. The molecule has 0 saturated carbocycles. The number of aliphatic hydroxyl groups is 1. The maximum absolute atomic E-state index is 9.31. The van der Waals surface area contributed by atoms with Crippen molar-refractivity contribution in [1.82, 2.24) is 9.97 Å². The van der Waals surface area contributed by atoms with Crippen molar-refractivity contribution in [3.05, 3.63) is 24.3 Å². The molecule has 102 valence electrons. The van der Waals surface area contributed by atoms with Gasteiger partial charge in [0.05, 0.1) is 18.2 Å². The van der Waals surface area contributed by atoms with Crippen molar-refractivity contribution in [1.29, 1.82) is 0 Å². The summed E-state index contributed by atoms with van der Waals surface area (Å²) in [5.41, 5.74) is 0.903. The maximum Gasteiger partial charge on any atom is 0.225 e. The molecule has 1 unspecified atom stereocenters. The number of anilines is 2. The molecule has 1 aromatic heterocycles. The number of aromatic nitrogens is 2. The summed E-state index contributed by atoms with van der Waals surface area (Å²) < 4.78 is 0. The van der Waals surface area contributed by atoms with Gasteiger partial charge in [-0.15, -0.1) is 0 Å². The van der Waals surface area contributed by atoms with Crippen LogP contribution in [-0.2, 0) is 0 Å². The Bertz CT molecular complexity index is 558. The van der Waals surface area contributed by atoms with E-state index in [9.17, 15) is 5.11 Å². The van der Waals surface area contributed by atoms with Crippen molar-refractivity contribution < 1.29 is 5.11 Å². The summed E-state index contributed by atoms with van der Waals surface area (Å²) in [5.74, 6) is 1.45. The second kappa shape index (κ2) is 5.84. The average Bonchev–Trinajstić information content (AvgIpc) is 2.45. The van der Waals surface area contributed by atoms with Gasteiger partial charge in [0.25, 0.3) is 0 Å². The monoisotopic (exact) mass is 260 g/mol. The lowest BCUT2D eigenvalue weighted by molar-refractivity contribution is 0.270. The van der Waals surface area contributed by atoms with Crippen molar-refractivity contribution >= 4 is 22.7 Å². The van der Waals surface area contributed by atoms with Gasteiger partial charge in [-0.25, -0.2) is 4.98 Å². The molecule has 0 fully saturated rings. The van der Waals surface area contributed by atoms with Crippen molar-refractivity contribution in [2.75, 3.05) is 30.4 Å². The van der Waals surface area contributed by atoms with Gasteiger partial charge in [0.1, 0.15) is 5.82 Å². The van der Waals surface area contributed by atoms with Crippen LogP contribution in [0.3, 0.4) is 0 Å². The number of aliphatic hydroxyl groups excluding tert-OH is 1. The largest absolute Gasteiger partial charge is 0.394 e. The van der Waals surface area contributed by atoms with Crippen LogP contribution in [0.1, 0.15) is 13.8 Å². The lowest BCUT2D eigenvalue weighted by atomic mass is 10.2. The normalized spacial score (nSPS) is 12.4. The molecule has 0 aliphatic carbocycles. The molecule has 1 heterocycles. The van der Waals surface area contributed by atoms with E-state index in [1.807, 2.05) is 50.1 Å². The Morgan fingerprint density at radius 1 is 1.32 bits per heavy atom. The summed E-state index contributed by atoms with van der Waals surface area (Å²) in [6, 6.07) is 7.91. The molecule has 0 spiro atoms. The van der Waals surface area contributed by atoms with Crippen molar-refractivity contribution in [2.45, 2.75) is 19.9 Å². The minimum atomic E-state index is 0.00721. The van der Waals surface area contributed by atoms with E-state index in [-0.39, 0.29) is 12.6 Å². The predicted octanol–water partition coefficient (Wildman–Crippen LogP) is 1.88. The van der Waals surface area contributed by atoms with E-state index in [4.69, 9.17) is 0 Å². The fraction of sp³-hybridized carbons (Fsp3) is 0.429. The van der Waals surface area contributed by atoms with E-state index in [1.54, 1.807) is 0 Å². The van der Waals surface area contributed by atoms with Gasteiger partial charge in [-0.05, 0) is 26.0 Å². The molecule has 2 rings (SSSR count).